The zero-order valence-corrected chi connectivity index (χ0v) is 12.4. The molecule has 0 atom stereocenters. The molecular weight excluding hydrogens is 246 g/mol. The summed E-state index contributed by atoms with van der Waals surface area (Å²) in [5.41, 5.74) is 5.81. The van der Waals surface area contributed by atoms with Gasteiger partial charge in [0.2, 0.25) is 0 Å². The summed E-state index contributed by atoms with van der Waals surface area (Å²) >= 11 is 0. The van der Waals surface area contributed by atoms with E-state index in [1.807, 2.05) is 13.0 Å². The van der Waals surface area contributed by atoms with Gasteiger partial charge in [0.1, 0.15) is 11.3 Å². The van der Waals surface area contributed by atoms with Crippen molar-refractivity contribution in [3.8, 4) is 11.3 Å². The summed E-state index contributed by atoms with van der Waals surface area (Å²) in [6, 6.07) is 10.7. The van der Waals surface area contributed by atoms with Crippen LogP contribution in [-0.2, 0) is 0 Å². The van der Waals surface area contributed by atoms with E-state index in [1.165, 1.54) is 16.7 Å². The molecule has 3 rings (SSSR count). The molecule has 0 bridgehead atoms. The van der Waals surface area contributed by atoms with Gasteiger partial charge in [-0.25, -0.2) is 0 Å². The van der Waals surface area contributed by atoms with Crippen molar-refractivity contribution in [2.45, 2.75) is 27.7 Å². The number of benzene rings is 2. The summed E-state index contributed by atoms with van der Waals surface area (Å²) in [4.78, 5) is 4.51. The third-order valence-electron chi connectivity index (χ3n) is 3.81. The fourth-order valence-electron chi connectivity index (χ4n) is 2.54. The van der Waals surface area contributed by atoms with Gasteiger partial charge in [0.15, 0.2) is 0 Å². The Morgan fingerprint density at radius 1 is 0.900 bits per heavy atom. The third-order valence-corrected chi connectivity index (χ3v) is 3.81. The minimum atomic E-state index is 0.790. The van der Waals surface area contributed by atoms with Crippen LogP contribution >= 0.6 is 0 Å². The second kappa shape index (κ2) is 4.78. The molecule has 0 saturated heterocycles. The molecular formula is C18H19NO. The van der Waals surface area contributed by atoms with E-state index < -0.39 is 0 Å². The molecule has 2 nitrogen and oxygen atoms in total. The van der Waals surface area contributed by atoms with Crippen LogP contribution in [-0.4, -0.2) is 6.54 Å². The summed E-state index contributed by atoms with van der Waals surface area (Å²) in [5, 5.41) is 2.17. The van der Waals surface area contributed by atoms with Gasteiger partial charge in [-0.1, -0.05) is 0 Å². The molecule has 0 saturated carbocycles. The maximum absolute atomic E-state index is 6.06. The lowest BCUT2D eigenvalue weighted by Crippen LogP contribution is -2.08. The molecule has 0 aromatic heterocycles. The monoisotopic (exact) mass is 265 g/mol. The highest BCUT2D eigenvalue weighted by molar-refractivity contribution is 5.84. The van der Waals surface area contributed by atoms with Gasteiger partial charge in [0.25, 0.3) is 0 Å². The Kier molecular flexibility index (Phi) is 3.09. The number of fused-ring (bicyclic) bond motifs is 2. The maximum Gasteiger partial charge on any atom is 0.136 e. The molecule has 2 aliphatic rings. The second-order valence-corrected chi connectivity index (χ2v) is 5.37. The van der Waals surface area contributed by atoms with E-state index in [4.69, 9.17) is 4.42 Å². The molecule has 1 heterocycles. The summed E-state index contributed by atoms with van der Waals surface area (Å²) < 4.78 is 6.06. The van der Waals surface area contributed by atoms with Crippen LogP contribution in [0.2, 0.25) is 0 Å². The quantitative estimate of drug-likeness (QED) is 0.599. The SMILES string of the molecule is CC/N=c1\cc2oc3cc(C)c(C)cc3cc-2cc1C. The first kappa shape index (κ1) is 12.9. The minimum Gasteiger partial charge on any atom is -0.456 e. The average molecular weight is 265 g/mol. The molecule has 0 radical (unpaired) electrons. The fourth-order valence-corrected chi connectivity index (χ4v) is 2.54. The molecule has 0 N–H and O–H groups in total. The van der Waals surface area contributed by atoms with Gasteiger partial charge < -0.3 is 4.42 Å². The molecule has 0 unspecified atom stereocenters. The van der Waals surface area contributed by atoms with Crippen molar-refractivity contribution in [2.24, 2.45) is 4.99 Å². The van der Waals surface area contributed by atoms with Gasteiger partial charge in [-0.2, -0.15) is 0 Å². The van der Waals surface area contributed by atoms with Crippen LogP contribution in [0, 0.1) is 20.8 Å². The number of rotatable bonds is 1. The topological polar surface area (TPSA) is 25.5 Å². The van der Waals surface area contributed by atoms with Crippen LogP contribution in [0.4, 0.5) is 0 Å². The number of aryl methyl sites for hydroxylation is 3. The number of hydrogen-bond acceptors (Lipinski definition) is 2. The summed E-state index contributed by atoms with van der Waals surface area (Å²) in [6.45, 7) is 9.18. The molecule has 0 spiro atoms. The van der Waals surface area contributed by atoms with Crippen molar-refractivity contribution < 1.29 is 4.42 Å². The predicted octanol–water partition coefficient (Wildman–Crippen LogP) is 4.38. The van der Waals surface area contributed by atoms with E-state index in [0.717, 1.165) is 34.2 Å². The van der Waals surface area contributed by atoms with Gasteiger partial charge in [-0.05, 0) is 68.7 Å². The van der Waals surface area contributed by atoms with E-state index in [0.29, 0.717) is 0 Å². The van der Waals surface area contributed by atoms with Crippen LogP contribution in [0.1, 0.15) is 23.6 Å². The van der Waals surface area contributed by atoms with Crippen LogP contribution < -0.4 is 5.36 Å². The highest BCUT2D eigenvalue weighted by Gasteiger charge is 2.09. The van der Waals surface area contributed by atoms with Gasteiger partial charge in [-0.15, -0.1) is 0 Å². The van der Waals surface area contributed by atoms with Crippen LogP contribution in [0.5, 0.6) is 0 Å². The Labute approximate surface area is 119 Å². The first-order chi connectivity index (χ1) is 9.58. The molecule has 1 aromatic carbocycles. The largest absolute Gasteiger partial charge is 0.456 e. The summed E-state index contributed by atoms with van der Waals surface area (Å²) in [7, 11) is 0. The van der Waals surface area contributed by atoms with E-state index >= 15 is 0 Å². The van der Waals surface area contributed by atoms with Crippen molar-refractivity contribution in [3.05, 3.63) is 52.4 Å². The maximum atomic E-state index is 6.06. The molecule has 2 heteroatoms. The van der Waals surface area contributed by atoms with Crippen LogP contribution in [0.3, 0.4) is 0 Å². The summed E-state index contributed by atoms with van der Waals surface area (Å²) in [6.07, 6.45) is 0. The lowest BCUT2D eigenvalue weighted by molar-refractivity contribution is 0.617. The standard InChI is InChI=1S/C18H19NO/c1-5-19-16-10-18-15(7-13(16)4)9-14-6-11(2)12(3)8-17(14)20-18/h6-10H,5H2,1-4H3/b19-16+. The first-order valence-electron chi connectivity index (χ1n) is 7.04. The van der Waals surface area contributed by atoms with Crippen molar-refractivity contribution >= 4 is 11.0 Å². The minimum absolute atomic E-state index is 0.790. The Balaban J connectivity index is 2.37. The number of nitrogens with zero attached hydrogens (tertiary/aromatic N) is 1. The highest BCUT2D eigenvalue weighted by Crippen LogP contribution is 2.29. The molecule has 1 aliphatic heterocycles. The number of hydrogen-bond donors (Lipinski definition) is 0. The normalized spacial score (nSPS) is 12.5. The Morgan fingerprint density at radius 2 is 1.65 bits per heavy atom. The van der Waals surface area contributed by atoms with Gasteiger partial charge in [0, 0.05) is 23.6 Å². The predicted molar refractivity (Wildman–Crippen MR) is 83.2 cm³/mol. The molecule has 0 fully saturated rings. The van der Waals surface area contributed by atoms with Crippen molar-refractivity contribution in [3.63, 3.8) is 0 Å². The highest BCUT2D eigenvalue weighted by atomic mass is 16.3. The second-order valence-electron chi connectivity index (χ2n) is 5.37. The van der Waals surface area contributed by atoms with E-state index in [9.17, 15) is 0 Å². The van der Waals surface area contributed by atoms with Crippen LogP contribution in [0.15, 0.2) is 39.7 Å². The Hall–Kier alpha value is -2.09. The van der Waals surface area contributed by atoms with Crippen molar-refractivity contribution in [1.29, 1.82) is 0 Å². The van der Waals surface area contributed by atoms with Crippen molar-refractivity contribution in [2.75, 3.05) is 6.54 Å². The smallest absolute Gasteiger partial charge is 0.136 e. The van der Waals surface area contributed by atoms with E-state index in [1.54, 1.807) is 0 Å². The lowest BCUT2D eigenvalue weighted by atomic mass is 10.0. The zero-order chi connectivity index (χ0) is 14.3. The van der Waals surface area contributed by atoms with Crippen molar-refractivity contribution in [1.82, 2.24) is 0 Å². The molecule has 1 aromatic rings. The Morgan fingerprint density at radius 3 is 2.40 bits per heavy atom. The fraction of sp³-hybridized carbons (Fsp3) is 0.278. The molecule has 20 heavy (non-hydrogen) atoms. The summed E-state index contributed by atoms with van der Waals surface area (Å²) in [5.74, 6) is 0.901. The van der Waals surface area contributed by atoms with Crippen LogP contribution in [0.25, 0.3) is 22.3 Å². The molecule has 102 valence electrons. The average Bonchev–Trinajstić information content (AvgIpc) is 2.40. The third kappa shape index (κ3) is 2.11. The van der Waals surface area contributed by atoms with E-state index in [-0.39, 0.29) is 0 Å². The molecule has 0 amide bonds. The lowest BCUT2D eigenvalue weighted by Gasteiger charge is -2.10. The zero-order valence-electron chi connectivity index (χ0n) is 12.4. The Bertz CT molecular complexity index is 827. The van der Waals surface area contributed by atoms with Gasteiger partial charge >= 0.3 is 0 Å². The van der Waals surface area contributed by atoms with Gasteiger partial charge in [0.05, 0.1) is 5.36 Å². The molecule has 1 aliphatic carbocycles. The first-order valence-corrected chi connectivity index (χ1v) is 7.04. The van der Waals surface area contributed by atoms with Gasteiger partial charge in [-0.3, -0.25) is 4.99 Å². The van der Waals surface area contributed by atoms with E-state index in [2.05, 4.69) is 50.0 Å².